The first kappa shape index (κ1) is 23.6. The number of carbonyl (C=O) groups is 2. The summed E-state index contributed by atoms with van der Waals surface area (Å²) in [5.41, 5.74) is 5.81. The van der Waals surface area contributed by atoms with Crippen LogP contribution in [0.2, 0.25) is 0 Å². The first-order valence-electron chi connectivity index (χ1n) is 12.5. The monoisotopic (exact) mass is 475 g/mol. The van der Waals surface area contributed by atoms with E-state index in [2.05, 4.69) is 60.7 Å². The van der Waals surface area contributed by atoms with E-state index in [1.807, 2.05) is 18.2 Å². The van der Waals surface area contributed by atoms with Crippen molar-refractivity contribution < 1.29 is 14.3 Å². The number of rotatable bonds is 10. The molecule has 0 saturated carbocycles. The molecule has 0 N–H and O–H groups in total. The van der Waals surface area contributed by atoms with Crippen molar-refractivity contribution in [1.29, 1.82) is 0 Å². The number of nitrogens with zero attached hydrogens (tertiary/aromatic N) is 1. The van der Waals surface area contributed by atoms with E-state index in [4.69, 9.17) is 4.74 Å². The van der Waals surface area contributed by atoms with Crippen molar-refractivity contribution in [3.05, 3.63) is 114 Å². The zero-order valence-electron chi connectivity index (χ0n) is 20.2. The van der Waals surface area contributed by atoms with Gasteiger partial charge in [0.15, 0.2) is 0 Å². The van der Waals surface area contributed by atoms with Crippen LogP contribution in [0, 0.1) is 0 Å². The van der Waals surface area contributed by atoms with Gasteiger partial charge in [0.1, 0.15) is 5.75 Å². The highest BCUT2D eigenvalue weighted by Gasteiger charge is 2.34. The highest BCUT2D eigenvalue weighted by atomic mass is 16.5. The highest BCUT2D eigenvalue weighted by Crippen LogP contribution is 2.26. The molecule has 4 aromatic rings. The van der Waals surface area contributed by atoms with Crippen molar-refractivity contribution in [2.45, 2.75) is 25.7 Å². The van der Waals surface area contributed by atoms with E-state index in [0.717, 1.165) is 37.0 Å². The Morgan fingerprint density at radius 3 is 1.56 bits per heavy atom. The van der Waals surface area contributed by atoms with Gasteiger partial charge in [-0.15, -0.1) is 0 Å². The van der Waals surface area contributed by atoms with E-state index in [1.54, 1.807) is 24.3 Å². The van der Waals surface area contributed by atoms with Crippen molar-refractivity contribution in [3.8, 4) is 28.0 Å². The van der Waals surface area contributed by atoms with Gasteiger partial charge in [-0.2, -0.15) is 0 Å². The van der Waals surface area contributed by atoms with Crippen molar-refractivity contribution >= 4 is 11.8 Å². The number of fused-ring (bicyclic) bond motifs is 1. The third kappa shape index (κ3) is 5.23. The van der Waals surface area contributed by atoms with Crippen LogP contribution in [0.3, 0.4) is 0 Å². The van der Waals surface area contributed by atoms with E-state index in [0.29, 0.717) is 24.3 Å². The minimum atomic E-state index is -0.172. The van der Waals surface area contributed by atoms with Crippen molar-refractivity contribution in [2.24, 2.45) is 0 Å². The lowest BCUT2D eigenvalue weighted by atomic mass is 10.0. The fraction of sp³-hybridized carbons (Fsp3) is 0.188. The van der Waals surface area contributed by atoms with Crippen LogP contribution < -0.4 is 4.74 Å². The normalized spacial score (nSPS) is 12.6. The summed E-state index contributed by atoms with van der Waals surface area (Å²) in [4.78, 5) is 26.2. The van der Waals surface area contributed by atoms with Gasteiger partial charge in [0, 0.05) is 6.54 Å². The maximum absolute atomic E-state index is 12.4. The molecule has 0 saturated heterocycles. The summed E-state index contributed by atoms with van der Waals surface area (Å²) in [7, 11) is 0. The number of amides is 2. The van der Waals surface area contributed by atoms with Crippen LogP contribution in [0.5, 0.6) is 5.75 Å². The molecular formula is C32H29NO3. The van der Waals surface area contributed by atoms with Crippen molar-refractivity contribution in [3.63, 3.8) is 0 Å². The first-order valence-corrected chi connectivity index (χ1v) is 12.5. The number of ether oxygens (including phenoxy) is 1. The van der Waals surface area contributed by atoms with Gasteiger partial charge >= 0.3 is 0 Å². The molecule has 36 heavy (non-hydrogen) atoms. The Balaban J connectivity index is 1.02. The van der Waals surface area contributed by atoms with Gasteiger partial charge in [-0.1, -0.05) is 91.7 Å². The molecule has 1 aliphatic rings. The summed E-state index contributed by atoms with van der Waals surface area (Å²) in [6, 6.07) is 34.3. The Hall–Kier alpha value is -4.18. The Labute approximate surface area is 212 Å². The van der Waals surface area contributed by atoms with Crippen LogP contribution in [-0.4, -0.2) is 29.9 Å². The lowest BCUT2D eigenvalue weighted by Gasteiger charge is -2.13. The average Bonchev–Trinajstić information content (AvgIpc) is 3.18. The molecule has 1 heterocycles. The molecule has 4 nitrogen and oxygen atoms in total. The molecule has 2 amide bonds. The smallest absolute Gasteiger partial charge is 0.261 e. The fourth-order valence-electron chi connectivity index (χ4n) is 4.59. The van der Waals surface area contributed by atoms with Gasteiger partial charge in [0.25, 0.3) is 11.8 Å². The molecule has 0 aromatic heterocycles. The number of hydrogen-bond acceptors (Lipinski definition) is 3. The van der Waals surface area contributed by atoms with Gasteiger partial charge < -0.3 is 4.74 Å². The minimum absolute atomic E-state index is 0.172. The number of hydrogen-bond donors (Lipinski definition) is 0. The second-order valence-electron chi connectivity index (χ2n) is 9.04. The van der Waals surface area contributed by atoms with Crippen LogP contribution in [0.4, 0.5) is 0 Å². The maximum atomic E-state index is 12.4. The molecule has 180 valence electrons. The van der Waals surface area contributed by atoms with Crippen LogP contribution in [0.15, 0.2) is 103 Å². The quantitative estimate of drug-likeness (QED) is 0.179. The topological polar surface area (TPSA) is 46.6 Å². The predicted molar refractivity (Wildman–Crippen MR) is 143 cm³/mol. The standard InChI is InChI=1S/C32H29NO3/c34-31-29-12-6-7-13-30(29)32(35)33(31)22-8-1-2-9-23-36-28-20-18-27(19-21-28)26-16-14-25(15-17-26)24-10-4-3-5-11-24/h3-7,10-21H,1-2,8-9,22-23H2. The van der Waals surface area contributed by atoms with Crippen molar-refractivity contribution in [1.82, 2.24) is 4.90 Å². The fourth-order valence-corrected chi connectivity index (χ4v) is 4.59. The van der Waals surface area contributed by atoms with E-state index >= 15 is 0 Å². The number of benzene rings is 4. The van der Waals surface area contributed by atoms with Gasteiger partial charge in [0.2, 0.25) is 0 Å². The lowest BCUT2D eigenvalue weighted by Crippen LogP contribution is -2.30. The van der Waals surface area contributed by atoms with Crippen LogP contribution in [-0.2, 0) is 0 Å². The van der Waals surface area contributed by atoms with E-state index < -0.39 is 0 Å². The van der Waals surface area contributed by atoms with Crippen molar-refractivity contribution in [2.75, 3.05) is 13.2 Å². The highest BCUT2D eigenvalue weighted by molar-refractivity contribution is 6.21. The summed E-state index contributed by atoms with van der Waals surface area (Å²) in [6.45, 7) is 1.12. The Bertz CT molecular complexity index is 1290. The molecule has 5 rings (SSSR count). The molecule has 0 atom stereocenters. The second kappa shape index (κ2) is 11.0. The second-order valence-corrected chi connectivity index (χ2v) is 9.04. The molecule has 0 radical (unpaired) electrons. The average molecular weight is 476 g/mol. The summed E-state index contributed by atoms with van der Waals surface area (Å²) >= 11 is 0. The zero-order chi connectivity index (χ0) is 24.7. The van der Waals surface area contributed by atoms with Gasteiger partial charge in [-0.3, -0.25) is 14.5 Å². The van der Waals surface area contributed by atoms with E-state index in [1.165, 1.54) is 21.6 Å². The molecule has 0 unspecified atom stereocenters. The molecule has 0 fully saturated rings. The number of unbranched alkanes of at least 4 members (excludes halogenated alkanes) is 3. The Morgan fingerprint density at radius 2 is 0.972 bits per heavy atom. The maximum Gasteiger partial charge on any atom is 0.261 e. The minimum Gasteiger partial charge on any atom is -0.494 e. The Kier molecular flexibility index (Phi) is 7.23. The van der Waals surface area contributed by atoms with Gasteiger partial charge in [-0.05, 0) is 59.4 Å². The van der Waals surface area contributed by atoms with Crippen LogP contribution in [0.25, 0.3) is 22.3 Å². The predicted octanol–water partition coefficient (Wildman–Crippen LogP) is 7.26. The molecule has 1 aliphatic heterocycles. The summed E-state index contributed by atoms with van der Waals surface area (Å²) in [6.07, 6.45) is 3.69. The number of carbonyl (C=O) groups excluding carboxylic acids is 2. The van der Waals surface area contributed by atoms with E-state index in [9.17, 15) is 9.59 Å². The molecule has 0 spiro atoms. The molecule has 0 aliphatic carbocycles. The van der Waals surface area contributed by atoms with Gasteiger partial charge in [0.05, 0.1) is 17.7 Å². The lowest BCUT2D eigenvalue weighted by molar-refractivity contribution is 0.0651. The molecule has 4 aromatic carbocycles. The molecule has 0 bridgehead atoms. The van der Waals surface area contributed by atoms with Crippen LogP contribution >= 0.6 is 0 Å². The summed E-state index contributed by atoms with van der Waals surface area (Å²) in [5.74, 6) is 0.523. The first-order chi connectivity index (χ1) is 17.7. The zero-order valence-corrected chi connectivity index (χ0v) is 20.2. The number of imide groups is 1. The van der Waals surface area contributed by atoms with Crippen LogP contribution in [0.1, 0.15) is 46.4 Å². The Morgan fingerprint density at radius 1 is 0.500 bits per heavy atom. The van der Waals surface area contributed by atoms with Gasteiger partial charge in [-0.25, -0.2) is 0 Å². The molecule has 4 heteroatoms. The third-order valence-corrected chi connectivity index (χ3v) is 6.60. The largest absolute Gasteiger partial charge is 0.494 e. The SMILES string of the molecule is O=C1c2ccccc2C(=O)N1CCCCCCOc1ccc(-c2ccc(-c3ccccc3)cc2)cc1. The summed E-state index contributed by atoms with van der Waals surface area (Å²) in [5, 5.41) is 0. The third-order valence-electron chi connectivity index (χ3n) is 6.60. The van der Waals surface area contributed by atoms with E-state index in [-0.39, 0.29) is 11.8 Å². The summed E-state index contributed by atoms with van der Waals surface area (Å²) < 4.78 is 5.91. The molecular weight excluding hydrogens is 446 g/mol.